The number of hydrogen-bond acceptors (Lipinski definition) is 1. The standard InChI is InChI=1S/C23H33N3/c1-3-5-6-19-12-21(8-7-18(19)4-2)26-22(24)25-15-23-13-16-9-17(14-23)11-20(23)10-16/h4,7-8,12,16-17,20H,2-3,5-6,9-11,13-15H2,1H3,(H3,24,25,26). The van der Waals surface area contributed by atoms with Gasteiger partial charge in [-0.3, -0.25) is 5.41 Å². The van der Waals surface area contributed by atoms with Crippen LogP contribution in [0.25, 0.3) is 6.08 Å². The number of nitrogens with one attached hydrogen (secondary N) is 3. The first-order valence-electron chi connectivity index (χ1n) is 10.5. The summed E-state index contributed by atoms with van der Waals surface area (Å²) in [6, 6.07) is 6.36. The molecule has 0 amide bonds. The third-order valence-electron chi connectivity index (χ3n) is 7.21. The van der Waals surface area contributed by atoms with Crippen molar-refractivity contribution in [3.8, 4) is 0 Å². The molecule has 3 heteroatoms. The lowest BCUT2D eigenvalue weighted by atomic mass is 9.75. The Morgan fingerprint density at radius 2 is 2.04 bits per heavy atom. The Hall–Kier alpha value is -1.77. The minimum Gasteiger partial charge on any atom is -0.356 e. The average molecular weight is 352 g/mol. The van der Waals surface area contributed by atoms with E-state index < -0.39 is 0 Å². The first-order valence-corrected chi connectivity index (χ1v) is 10.5. The predicted octanol–water partition coefficient (Wildman–Crippen LogP) is 5.43. The van der Waals surface area contributed by atoms with E-state index in [0.29, 0.717) is 11.4 Å². The summed E-state index contributed by atoms with van der Waals surface area (Å²) in [5, 5.41) is 15.1. The lowest BCUT2D eigenvalue weighted by Gasteiger charge is -2.33. The van der Waals surface area contributed by atoms with E-state index in [1.807, 2.05) is 6.08 Å². The molecule has 0 radical (unpaired) electrons. The van der Waals surface area contributed by atoms with Crippen molar-refractivity contribution in [2.45, 2.75) is 58.3 Å². The molecule has 0 aliphatic heterocycles. The summed E-state index contributed by atoms with van der Waals surface area (Å²) in [6.07, 6.45) is 12.5. The molecule has 0 heterocycles. The average Bonchev–Trinajstić information content (AvgIpc) is 3.02. The van der Waals surface area contributed by atoms with Crippen LogP contribution in [0.1, 0.15) is 63.0 Å². The Kier molecular flexibility index (Phi) is 4.81. The summed E-state index contributed by atoms with van der Waals surface area (Å²) in [5.74, 6) is 3.31. The van der Waals surface area contributed by atoms with Crippen LogP contribution in [0.15, 0.2) is 24.8 Å². The maximum Gasteiger partial charge on any atom is 0.192 e. The molecule has 2 atom stereocenters. The third kappa shape index (κ3) is 3.28. The highest BCUT2D eigenvalue weighted by molar-refractivity contribution is 5.91. The topological polar surface area (TPSA) is 47.9 Å². The minimum absolute atomic E-state index is 0.443. The number of aryl methyl sites for hydroxylation is 1. The van der Waals surface area contributed by atoms with E-state index in [1.54, 1.807) is 0 Å². The largest absolute Gasteiger partial charge is 0.356 e. The fourth-order valence-corrected chi connectivity index (χ4v) is 6.17. The monoisotopic (exact) mass is 351 g/mol. The first-order chi connectivity index (χ1) is 12.6. The molecule has 4 bridgehead atoms. The molecule has 0 aromatic heterocycles. The van der Waals surface area contributed by atoms with Gasteiger partial charge in [0.15, 0.2) is 5.96 Å². The lowest BCUT2D eigenvalue weighted by molar-refractivity contribution is 0.202. The SMILES string of the molecule is C=Cc1ccc(NC(=N)NCC23CC4CC(CC2C4)C3)cc1CCCC. The van der Waals surface area contributed by atoms with Crippen LogP contribution < -0.4 is 10.6 Å². The van der Waals surface area contributed by atoms with E-state index in [-0.39, 0.29) is 0 Å². The molecule has 2 unspecified atom stereocenters. The number of anilines is 1. The van der Waals surface area contributed by atoms with Gasteiger partial charge < -0.3 is 10.6 Å². The zero-order valence-corrected chi connectivity index (χ0v) is 16.1. The minimum atomic E-state index is 0.443. The molecule has 1 aromatic carbocycles. The molecular formula is C23H33N3. The molecule has 26 heavy (non-hydrogen) atoms. The molecule has 3 nitrogen and oxygen atoms in total. The second-order valence-corrected chi connectivity index (χ2v) is 8.98. The quantitative estimate of drug-likeness (QED) is 0.453. The second-order valence-electron chi connectivity index (χ2n) is 8.98. The van der Waals surface area contributed by atoms with Gasteiger partial charge in [-0.25, -0.2) is 0 Å². The fraction of sp³-hybridized carbons (Fsp3) is 0.609. The molecule has 5 rings (SSSR count). The van der Waals surface area contributed by atoms with Crippen molar-refractivity contribution in [3.05, 3.63) is 35.9 Å². The highest BCUT2D eigenvalue weighted by atomic mass is 15.1. The van der Waals surface area contributed by atoms with Crippen molar-refractivity contribution in [1.29, 1.82) is 5.41 Å². The zero-order chi connectivity index (χ0) is 18.1. The van der Waals surface area contributed by atoms with Crippen LogP contribution in [0.5, 0.6) is 0 Å². The summed E-state index contributed by atoms with van der Waals surface area (Å²) in [5.41, 5.74) is 4.03. The Morgan fingerprint density at radius 1 is 1.27 bits per heavy atom. The molecule has 0 saturated heterocycles. The van der Waals surface area contributed by atoms with Crippen LogP contribution in [0.3, 0.4) is 0 Å². The van der Waals surface area contributed by atoms with Crippen LogP contribution in [0, 0.1) is 28.6 Å². The highest BCUT2D eigenvalue weighted by Crippen LogP contribution is 2.65. The van der Waals surface area contributed by atoms with E-state index >= 15 is 0 Å². The van der Waals surface area contributed by atoms with Crippen LogP contribution in [0.2, 0.25) is 0 Å². The van der Waals surface area contributed by atoms with Gasteiger partial charge in [-0.2, -0.15) is 0 Å². The zero-order valence-electron chi connectivity index (χ0n) is 16.1. The molecule has 4 aliphatic carbocycles. The van der Waals surface area contributed by atoms with Crippen molar-refractivity contribution in [2.24, 2.45) is 23.2 Å². The van der Waals surface area contributed by atoms with Gasteiger partial charge in [-0.1, -0.05) is 32.1 Å². The second kappa shape index (κ2) is 7.09. The summed E-state index contributed by atoms with van der Waals surface area (Å²) in [6.45, 7) is 7.12. The van der Waals surface area contributed by atoms with Crippen molar-refractivity contribution >= 4 is 17.7 Å². The van der Waals surface area contributed by atoms with E-state index in [1.165, 1.54) is 56.1 Å². The normalized spacial score (nSPS) is 31.2. The lowest BCUT2D eigenvalue weighted by Crippen LogP contribution is -2.40. The Labute approximate surface area is 158 Å². The van der Waals surface area contributed by atoms with Gasteiger partial charge in [0, 0.05) is 12.2 Å². The summed E-state index contributed by atoms with van der Waals surface area (Å²) in [4.78, 5) is 0. The summed E-state index contributed by atoms with van der Waals surface area (Å²) < 4.78 is 0. The van der Waals surface area contributed by atoms with Gasteiger partial charge in [0.25, 0.3) is 0 Å². The van der Waals surface area contributed by atoms with Crippen molar-refractivity contribution in [2.75, 3.05) is 11.9 Å². The first kappa shape index (κ1) is 17.6. The van der Waals surface area contributed by atoms with Gasteiger partial charge in [0.2, 0.25) is 0 Å². The molecule has 4 saturated carbocycles. The number of guanidine groups is 1. The smallest absolute Gasteiger partial charge is 0.192 e. The van der Waals surface area contributed by atoms with E-state index in [4.69, 9.17) is 5.41 Å². The van der Waals surface area contributed by atoms with Gasteiger partial charge in [0.1, 0.15) is 0 Å². The van der Waals surface area contributed by atoms with E-state index in [0.717, 1.165) is 36.4 Å². The van der Waals surface area contributed by atoms with Gasteiger partial charge in [-0.05, 0) is 91.4 Å². The van der Waals surface area contributed by atoms with Gasteiger partial charge >= 0.3 is 0 Å². The van der Waals surface area contributed by atoms with Crippen LogP contribution >= 0.6 is 0 Å². The Morgan fingerprint density at radius 3 is 2.73 bits per heavy atom. The van der Waals surface area contributed by atoms with Crippen LogP contribution in [0.4, 0.5) is 5.69 Å². The Bertz CT molecular complexity index is 679. The highest BCUT2D eigenvalue weighted by Gasteiger charge is 2.57. The van der Waals surface area contributed by atoms with Gasteiger partial charge in [-0.15, -0.1) is 0 Å². The van der Waals surface area contributed by atoms with Gasteiger partial charge in [0.05, 0.1) is 0 Å². The van der Waals surface area contributed by atoms with Crippen LogP contribution in [-0.4, -0.2) is 12.5 Å². The summed E-state index contributed by atoms with van der Waals surface area (Å²) >= 11 is 0. The van der Waals surface area contributed by atoms with Crippen molar-refractivity contribution in [1.82, 2.24) is 5.32 Å². The molecule has 0 spiro atoms. The molecule has 1 aromatic rings. The summed E-state index contributed by atoms with van der Waals surface area (Å²) in [7, 11) is 0. The third-order valence-corrected chi connectivity index (χ3v) is 7.21. The fourth-order valence-electron chi connectivity index (χ4n) is 6.17. The van der Waals surface area contributed by atoms with Crippen molar-refractivity contribution < 1.29 is 0 Å². The van der Waals surface area contributed by atoms with E-state index in [9.17, 15) is 0 Å². The van der Waals surface area contributed by atoms with Crippen LogP contribution in [-0.2, 0) is 6.42 Å². The molecular weight excluding hydrogens is 318 g/mol. The Balaban J connectivity index is 1.35. The number of benzene rings is 1. The predicted molar refractivity (Wildman–Crippen MR) is 110 cm³/mol. The number of unbranched alkanes of at least 4 members (excludes halogenated alkanes) is 1. The molecule has 140 valence electrons. The molecule has 4 fully saturated rings. The number of hydrogen-bond donors (Lipinski definition) is 3. The van der Waals surface area contributed by atoms with E-state index in [2.05, 4.69) is 42.3 Å². The number of rotatable bonds is 7. The maximum atomic E-state index is 8.36. The molecule has 3 N–H and O–H groups in total. The maximum absolute atomic E-state index is 8.36. The molecule has 4 aliphatic rings. The van der Waals surface area contributed by atoms with Crippen molar-refractivity contribution in [3.63, 3.8) is 0 Å².